The van der Waals surface area contributed by atoms with E-state index >= 15 is 0 Å². The van der Waals surface area contributed by atoms with Crippen LogP contribution in [-0.2, 0) is 5.41 Å². The number of anilines is 2. The smallest absolute Gasteiger partial charge is 0.235 e. The second-order valence-corrected chi connectivity index (χ2v) is 20.4. The van der Waals surface area contributed by atoms with Gasteiger partial charge in [-0.1, -0.05) is 219 Å². The maximum absolute atomic E-state index is 5.61. The summed E-state index contributed by atoms with van der Waals surface area (Å²) in [6.45, 7) is 2.44. The van der Waals surface area contributed by atoms with Crippen molar-refractivity contribution >= 4 is 61.1 Å². The molecule has 75 heavy (non-hydrogen) atoms. The summed E-state index contributed by atoms with van der Waals surface area (Å²) in [6.07, 6.45) is 4.89. The van der Waals surface area contributed by atoms with Crippen LogP contribution < -0.4 is 4.90 Å². The lowest BCUT2D eigenvalue weighted by Gasteiger charge is -2.40. The summed E-state index contributed by atoms with van der Waals surface area (Å²) < 4.78 is 4.86. The van der Waals surface area contributed by atoms with Crippen LogP contribution in [0, 0.1) is 0 Å². The van der Waals surface area contributed by atoms with Crippen molar-refractivity contribution in [2.75, 3.05) is 4.90 Å². The van der Waals surface area contributed by atoms with Crippen molar-refractivity contribution in [3.8, 4) is 45.1 Å². The summed E-state index contributed by atoms with van der Waals surface area (Å²) in [5, 5.41) is 4.56. The van der Waals surface area contributed by atoms with Crippen molar-refractivity contribution in [3.05, 3.63) is 282 Å². The Morgan fingerprint density at radius 1 is 0.440 bits per heavy atom. The molecular formula is C70H47N5. The molecule has 0 N–H and O–H groups in total. The van der Waals surface area contributed by atoms with Crippen LogP contribution in [0.25, 0.3) is 94.8 Å². The molecule has 3 aliphatic carbocycles. The van der Waals surface area contributed by atoms with Crippen molar-refractivity contribution < 1.29 is 0 Å². The van der Waals surface area contributed by atoms with Crippen molar-refractivity contribution in [2.45, 2.75) is 24.3 Å². The van der Waals surface area contributed by atoms with Gasteiger partial charge in [0.1, 0.15) is 0 Å². The van der Waals surface area contributed by atoms with Crippen molar-refractivity contribution in [3.63, 3.8) is 0 Å². The minimum atomic E-state index is -0.518. The number of aromatic nitrogens is 4. The van der Waals surface area contributed by atoms with E-state index in [0.29, 0.717) is 5.95 Å². The Morgan fingerprint density at radius 3 is 1.73 bits per heavy atom. The van der Waals surface area contributed by atoms with E-state index in [1.165, 1.54) is 66.7 Å². The lowest BCUT2D eigenvalue weighted by molar-refractivity contribution is 0.616. The van der Waals surface area contributed by atoms with Crippen LogP contribution in [0.4, 0.5) is 11.4 Å². The molecule has 2 unspecified atom stereocenters. The first kappa shape index (κ1) is 42.0. The van der Waals surface area contributed by atoms with Crippen molar-refractivity contribution in [1.82, 2.24) is 19.1 Å². The SMILES string of the molecule is CC1c2c(c3ccccc3n2-c2ccccc2)C=CC1N(c1cccc2c1-c1ccccc1C21c2ccccc2-c2ccccc21)c1cccc2c3ccccc3n(-c3nc(-c4ccccc4)c4ccccc4n3)c12. The average Bonchev–Trinajstić information content (AvgIpc) is 4.20. The molecule has 16 rings (SSSR count). The van der Waals surface area contributed by atoms with E-state index in [4.69, 9.17) is 9.97 Å². The number of hydrogen-bond donors (Lipinski definition) is 0. The fraction of sp³-hybridized carbons (Fsp3) is 0.0571. The zero-order chi connectivity index (χ0) is 49.4. The van der Waals surface area contributed by atoms with E-state index < -0.39 is 5.41 Å². The molecule has 0 bridgehead atoms. The first-order valence-corrected chi connectivity index (χ1v) is 26.1. The van der Waals surface area contributed by atoms with E-state index in [1.807, 2.05) is 0 Å². The minimum Gasteiger partial charge on any atom is -0.332 e. The summed E-state index contributed by atoms with van der Waals surface area (Å²) >= 11 is 0. The molecule has 3 aliphatic rings. The van der Waals surface area contributed by atoms with Gasteiger partial charge in [0.2, 0.25) is 5.95 Å². The predicted molar refractivity (Wildman–Crippen MR) is 309 cm³/mol. The zero-order valence-electron chi connectivity index (χ0n) is 41.1. The summed E-state index contributed by atoms with van der Waals surface area (Å²) in [5.74, 6) is 0.633. The Morgan fingerprint density at radius 2 is 0.987 bits per heavy atom. The average molecular weight is 958 g/mol. The Labute approximate surface area is 434 Å². The van der Waals surface area contributed by atoms with Gasteiger partial charge in [-0.2, -0.15) is 0 Å². The van der Waals surface area contributed by atoms with E-state index in [9.17, 15) is 0 Å². The number of fused-ring (bicyclic) bond motifs is 17. The number of rotatable bonds is 6. The second kappa shape index (κ2) is 16.0. The second-order valence-electron chi connectivity index (χ2n) is 20.4. The van der Waals surface area contributed by atoms with E-state index in [-0.39, 0.29) is 12.0 Å². The van der Waals surface area contributed by atoms with Crippen LogP contribution in [-0.4, -0.2) is 25.1 Å². The maximum Gasteiger partial charge on any atom is 0.235 e. The van der Waals surface area contributed by atoms with Crippen LogP contribution in [0.3, 0.4) is 0 Å². The molecule has 352 valence electrons. The van der Waals surface area contributed by atoms with E-state index in [1.54, 1.807) is 0 Å². The highest BCUT2D eigenvalue weighted by molar-refractivity contribution is 6.14. The molecule has 5 nitrogen and oxygen atoms in total. The molecule has 0 aliphatic heterocycles. The van der Waals surface area contributed by atoms with Gasteiger partial charge in [-0.15, -0.1) is 0 Å². The van der Waals surface area contributed by atoms with Crippen LogP contribution >= 0.6 is 0 Å². The topological polar surface area (TPSA) is 38.9 Å². The first-order valence-electron chi connectivity index (χ1n) is 26.1. The lowest BCUT2D eigenvalue weighted by Crippen LogP contribution is -2.37. The normalized spacial score (nSPS) is 15.6. The van der Waals surface area contributed by atoms with Crippen molar-refractivity contribution in [1.29, 1.82) is 0 Å². The Balaban J connectivity index is 1.03. The number of nitrogens with zero attached hydrogens (tertiary/aromatic N) is 5. The van der Waals surface area contributed by atoms with E-state index in [2.05, 4.69) is 276 Å². The van der Waals surface area contributed by atoms with Gasteiger partial charge in [0.15, 0.2) is 0 Å². The number of para-hydroxylation sites is 5. The summed E-state index contributed by atoms with van der Waals surface area (Å²) in [7, 11) is 0. The summed E-state index contributed by atoms with van der Waals surface area (Å²) in [5.41, 5.74) is 21.9. The Hall–Kier alpha value is -9.58. The van der Waals surface area contributed by atoms with Gasteiger partial charge in [-0.05, 0) is 81.4 Å². The van der Waals surface area contributed by atoms with Gasteiger partial charge in [0.25, 0.3) is 0 Å². The highest BCUT2D eigenvalue weighted by Gasteiger charge is 2.52. The standard InChI is InChI=1S/C70H47N5/c1-44-60(43-42-52-50-29-12-18-38-61(50)73(67(44)52)46-24-6-3-7-25-46)74(63-40-21-36-58-65(63)53-30-10-16-35-57(53)70(58)55-33-14-8-26-47(55)48-27-9-15-34-56(48)70)64-41-20-32-51-49-28-13-19-39-62(49)75(68(51)64)69-71-59-37-17-11-31-54(59)66(72-69)45-22-4-2-5-23-45/h2-44,60H,1H3. The van der Waals surface area contributed by atoms with Crippen LogP contribution in [0.1, 0.15) is 46.4 Å². The predicted octanol–water partition coefficient (Wildman–Crippen LogP) is 17.0. The monoisotopic (exact) mass is 957 g/mol. The third-order valence-corrected chi connectivity index (χ3v) is 16.7. The molecule has 2 atom stereocenters. The van der Waals surface area contributed by atoms with Gasteiger partial charge in [0, 0.05) is 61.2 Å². The third kappa shape index (κ3) is 5.72. The van der Waals surface area contributed by atoms with Crippen LogP contribution in [0.5, 0.6) is 0 Å². The van der Waals surface area contributed by atoms with Gasteiger partial charge < -0.3 is 9.47 Å². The molecule has 3 aromatic heterocycles. The molecule has 10 aromatic carbocycles. The zero-order valence-corrected chi connectivity index (χ0v) is 41.1. The molecule has 3 heterocycles. The number of hydrogen-bond acceptors (Lipinski definition) is 3. The van der Waals surface area contributed by atoms with Crippen molar-refractivity contribution in [2.24, 2.45) is 0 Å². The molecule has 0 amide bonds. The quantitative estimate of drug-likeness (QED) is 0.167. The highest BCUT2D eigenvalue weighted by Crippen LogP contribution is 2.65. The lowest BCUT2D eigenvalue weighted by atomic mass is 9.70. The largest absolute Gasteiger partial charge is 0.332 e. The van der Waals surface area contributed by atoms with Crippen LogP contribution in [0.15, 0.2) is 249 Å². The van der Waals surface area contributed by atoms with Gasteiger partial charge in [0.05, 0.1) is 44.9 Å². The fourth-order valence-electron chi connectivity index (χ4n) is 13.8. The third-order valence-electron chi connectivity index (χ3n) is 16.7. The van der Waals surface area contributed by atoms with Gasteiger partial charge >= 0.3 is 0 Å². The molecule has 1 spiro atoms. The molecule has 13 aromatic rings. The fourth-order valence-corrected chi connectivity index (χ4v) is 13.8. The Bertz CT molecular complexity index is 4480. The highest BCUT2D eigenvalue weighted by atomic mass is 15.2. The molecule has 0 radical (unpaired) electrons. The maximum atomic E-state index is 5.61. The molecule has 0 saturated carbocycles. The molecule has 5 heteroatoms. The molecule has 0 saturated heterocycles. The first-order chi connectivity index (χ1) is 37.2. The Kier molecular flexibility index (Phi) is 8.93. The van der Waals surface area contributed by atoms with Crippen LogP contribution in [0.2, 0.25) is 0 Å². The minimum absolute atomic E-state index is 0.00156. The number of benzene rings is 10. The summed E-state index contributed by atoms with van der Waals surface area (Å²) in [4.78, 5) is 13.8. The molecule has 0 fully saturated rings. The molecular weight excluding hydrogens is 911 g/mol. The van der Waals surface area contributed by atoms with E-state index in [0.717, 1.165) is 61.0 Å². The van der Waals surface area contributed by atoms with Gasteiger partial charge in [-0.3, -0.25) is 4.57 Å². The summed E-state index contributed by atoms with van der Waals surface area (Å²) in [6, 6.07) is 88.8. The van der Waals surface area contributed by atoms with Gasteiger partial charge in [-0.25, -0.2) is 9.97 Å².